The zero-order valence-corrected chi connectivity index (χ0v) is 29.8. The van der Waals surface area contributed by atoms with Gasteiger partial charge in [0.2, 0.25) is 0 Å². The fraction of sp³-hybridized carbons (Fsp3) is 0.417. The van der Waals surface area contributed by atoms with Crippen LogP contribution < -0.4 is 23.8 Å². The number of para-hydroxylation sites is 1. The molecule has 1 unspecified atom stereocenters. The number of hydrogen-bond donors (Lipinski definition) is 1. The molecule has 13 nitrogen and oxygen atoms in total. The van der Waals surface area contributed by atoms with E-state index in [4.69, 9.17) is 14.2 Å². The van der Waals surface area contributed by atoms with E-state index in [1.165, 1.54) is 32.4 Å². The van der Waals surface area contributed by atoms with Crippen LogP contribution in [0.25, 0.3) is 0 Å². The summed E-state index contributed by atoms with van der Waals surface area (Å²) in [6.07, 6.45) is 1.43. The lowest BCUT2D eigenvalue weighted by Crippen LogP contribution is -2.59. The van der Waals surface area contributed by atoms with E-state index < -0.39 is 43.8 Å². The molecule has 3 aliphatic rings. The van der Waals surface area contributed by atoms with E-state index in [9.17, 15) is 18.5 Å². The molecule has 3 aromatic carbocycles. The van der Waals surface area contributed by atoms with Crippen LogP contribution in [0.15, 0.2) is 59.5 Å². The number of methoxy groups -OCH3 is 2. The Hall–Kier alpha value is -4.91. The van der Waals surface area contributed by atoms with E-state index in [2.05, 4.69) is 22.2 Å². The lowest BCUT2D eigenvalue weighted by Gasteiger charge is -2.42. The summed E-state index contributed by atoms with van der Waals surface area (Å²) in [6, 6.07) is 13.8. The first kappa shape index (κ1) is 35.9. The molecule has 15 heteroatoms. The number of piperazine rings is 1. The number of hydrogen-bond acceptors (Lipinski definition) is 10. The highest BCUT2D eigenvalue weighted by atomic mass is 32.2. The van der Waals surface area contributed by atoms with Gasteiger partial charge in [-0.25, -0.2) is 17.6 Å². The Morgan fingerprint density at radius 1 is 0.980 bits per heavy atom. The van der Waals surface area contributed by atoms with Gasteiger partial charge in [0.25, 0.3) is 15.9 Å². The first-order valence-electron chi connectivity index (χ1n) is 16.8. The number of halogens is 1. The molecule has 1 N–H and O–H groups in total. The van der Waals surface area contributed by atoms with E-state index in [1.54, 1.807) is 42.2 Å². The molecule has 3 amide bonds. The van der Waals surface area contributed by atoms with Gasteiger partial charge in [0, 0.05) is 68.6 Å². The maximum absolute atomic E-state index is 15.5. The van der Waals surface area contributed by atoms with Crippen molar-refractivity contribution in [1.29, 1.82) is 5.26 Å². The summed E-state index contributed by atoms with van der Waals surface area (Å²) < 4.78 is 61.7. The summed E-state index contributed by atoms with van der Waals surface area (Å²) in [5.41, 5.74) is -3.04. The Kier molecular flexibility index (Phi) is 10.1. The van der Waals surface area contributed by atoms with Crippen molar-refractivity contribution in [2.45, 2.75) is 36.2 Å². The van der Waals surface area contributed by atoms with Crippen LogP contribution in [-0.4, -0.2) is 108 Å². The van der Waals surface area contributed by atoms with Crippen LogP contribution >= 0.6 is 0 Å². The maximum Gasteiger partial charge on any atom is 0.318 e. The Morgan fingerprint density at radius 3 is 2.33 bits per heavy atom. The number of likely N-dealkylation sites (N-methyl/N-ethyl adjacent to an activating group) is 1. The second-order valence-corrected chi connectivity index (χ2v) is 14.5. The van der Waals surface area contributed by atoms with Gasteiger partial charge in [-0.05, 0) is 51.1 Å². The topological polar surface area (TPSA) is 145 Å². The molecule has 2 saturated heterocycles. The summed E-state index contributed by atoms with van der Waals surface area (Å²) in [7, 11) is -0.0883. The quantitative estimate of drug-likeness (QED) is 0.349. The van der Waals surface area contributed by atoms with Crippen molar-refractivity contribution in [3.8, 4) is 23.3 Å². The third-order valence-electron chi connectivity index (χ3n) is 9.91. The molecule has 51 heavy (non-hydrogen) atoms. The minimum absolute atomic E-state index is 0.102. The monoisotopic (exact) mass is 720 g/mol. The number of nitrogens with zero attached hydrogens (tertiary/aromatic N) is 5. The normalized spacial score (nSPS) is 20.1. The number of rotatable bonds is 9. The van der Waals surface area contributed by atoms with Crippen molar-refractivity contribution in [3.63, 3.8) is 0 Å². The molecule has 1 atom stereocenters. The van der Waals surface area contributed by atoms with Crippen LogP contribution in [0, 0.1) is 17.1 Å². The summed E-state index contributed by atoms with van der Waals surface area (Å²) >= 11 is 0. The molecule has 0 saturated carbocycles. The number of urea groups is 1. The van der Waals surface area contributed by atoms with Crippen molar-refractivity contribution < 1.29 is 36.6 Å². The second-order valence-electron chi connectivity index (χ2n) is 12.7. The average Bonchev–Trinajstić information content (AvgIpc) is 3.38. The predicted molar refractivity (Wildman–Crippen MR) is 186 cm³/mol. The number of likely N-dealkylation sites (tertiary alicyclic amines) is 1. The number of fused-ring (bicyclic) bond motifs is 1. The van der Waals surface area contributed by atoms with Gasteiger partial charge in [-0.3, -0.25) is 9.69 Å². The summed E-state index contributed by atoms with van der Waals surface area (Å²) in [6.45, 7) is 6.53. The van der Waals surface area contributed by atoms with E-state index in [0.29, 0.717) is 42.0 Å². The highest BCUT2D eigenvalue weighted by Crippen LogP contribution is 2.50. The number of anilines is 1. The van der Waals surface area contributed by atoms with Crippen LogP contribution in [0.5, 0.6) is 17.2 Å². The largest absolute Gasteiger partial charge is 0.497 e. The molecule has 0 aliphatic carbocycles. The van der Waals surface area contributed by atoms with E-state index in [0.717, 1.165) is 38.3 Å². The van der Waals surface area contributed by atoms with Gasteiger partial charge in [-0.2, -0.15) is 9.57 Å². The van der Waals surface area contributed by atoms with Crippen LogP contribution in [0.1, 0.15) is 36.5 Å². The highest BCUT2D eigenvalue weighted by molar-refractivity contribution is 7.93. The van der Waals surface area contributed by atoms with E-state index in [-0.39, 0.29) is 34.9 Å². The fourth-order valence-electron chi connectivity index (χ4n) is 7.19. The van der Waals surface area contributed by atoms with Crippen molar-refractivity contribution >= 4 is 27.6 Å². The SMILES string of the molecule is CCOc1ccccc1C1(NC(=O)N2CCC(N3CCN(C)CC3)CC2)C(=O)N(S(=O)(=O)c2ccc(OC)cc2OC)c2cc(F)c(C#N)cc21. The number of ether oxygens (including phenoxy) is 3. The zero-order valence-electron chi connectivity index (χ0n) is 29.0. The molecular formula is C36H41FN6O7S. The van der Waals surface area contributed by atoms with Crippen LogP contribution in [-0.2, 0) is 20.4 Å². The van der Waals surface area contributed by atoms with Gasteiger partial charge in [0.1, 0.15) is 34.0 Å². The molecular weight excluding hydrogens is 679 g/mol. The Labute approximate surface area is 297 Å². The van der Waals surface area contributed by atoms with Crippen molar-refractivity contribution in [2.24, 2.45) is 0 Å². The number of sulfonamides is 1. The third kappa shape index (κ3) is 6.32. The van der Waals surface area contributed by atoms with Gasteiger partial charge in [-0.15, -0.1) is 0 Å². The van der Waals surface area contributed by atoms with Gasteiger partial charge in [0.15, 0.2) is 5.54 Å². The van der Waals surface area contributed by atoms with E-state index >= 15 is 9.18 Å². The molecule has 0 aromatic heterocycles. The molecule has 3 aromatic rings. The number of benzene rings is 3. The predicted octanol–water partition coefficient (Wildman–Crippen LogP) is 3.51. The number of piperidine rings is 1. The Bertz CT molecular complexity index is 1970. The molecule has 270 valence electrons. The van der Waals surface area contributed by atoms with Gasteiger partial charge < -0.3 is 29.3 Å². The molecule has 0 spiro atoms. The molecule has 2 fully saturated rings. The maximum atomic E-state index is 15.5. The van der Waals surface area contributed by atoms with Crippen molar-refractivity contribution in [2.75, 3.05) is 71.4 Å². The number of amides is 3. The standard InChI is InChI=1S/C36H41FN6O7S/c1-5-50-31-9-7-6-8-27(31)36(39-35(45)42-14-12-25(13-15-42)41-18-16-40(2)17-19-41)28-20-24(23-38)29(37)22-30(28)43(34(36)44)51(46,47)33-11-10-26(48-3)21-32(33)49-4/h6-11,20-22,25H,5,12-19H2,1-4H3,(H,39,45). The fourth-order valence-corrected chi connectivity index (χ4v) is 8.78. The number of carbonyl (C=O) groups excluding carboxylic acids is 2. The van der Waals surface area contributed by atoms with Crippen molar-refractivity contribution in [1.82, 2.24) is 20.0 Å². The highest BCUT2D eigenvalue weighted by Gasteiger charge is 2.59. The molecule has 0 bridgehead atoms. The third-order valence-corrected chi connectivity index (χ3v) is 11.7. The number of nitriles is 1. The lowest BCUT2D eigenvalue weighted by atomic mass is 9.82. The Balaban J connectivity index is 1.48. The summed E-state index contributed by atoms with van der Waals surface area (Å²) in [5.74, 6) is -1.79. The van der Waals surface area contributed by atoms with Gasteiger partial charge in [0.05, 0.1) is 32.1 Å². The smallest absolute Gasteiger partial charge is 0.318 e. The van der Waals surface area contributed by atoms with Crippen molar-refractivity contribution in [3.05, 3.63) is 77.1 Å². The molecule has 3 heterocycles. The molecule has 0 radical (unpaired) electrons. The average molecular weight is 721 g/mol. The van der Waals surface area contributed by atoms with Gasteiger partial charge in [-0.1, -0.05) is 18.2 Å². The number of carbonyl (C=O) groups is 2. The van der Waals surface area contributed by atoms with E-state index in [1.807, 2.05) is 0 Å². The van der Waals surface area contributed by atoms with Gasteiger partial charge >= 0.3 is 6.03 Å². The second kappa shape index (κ2) is 14.4. The van der Waals surface area contributed by atoms with Crippen LogP contribution in [0.2, 0.25) is 0 Å². The Morgan fingerprint density at radius 2 is 1.69 bits per heavy atom. The minimum atomic E-state index is -4.85. The summed E-state index contributed by atoms with van der Waals surface area (Å²) in [5, 5.41) is 12.8. The minimum Gasteiger partial charge on any atom is -0.497 e. The van der Waals surface area contributed by atoms with Crippen LogP contribution in [0.4, 0.5) is 14.9 Å². The first-order valence-corrected chi connectivity index (χ1v) is 18.2. The summed E-state index contributed by atoms with van der Waals surface area (Å²) in [4.78, 5) is 35.5. The zero-order chi connectivity index (χ0) is 36.5. The number of nitrogens with one attached hydrogen (secondary N) is 1. The first-order chi connectivity index (χ1) is 24.5. The molecule has 6 rings (SSSR count). The lowest BCUT2D eigenvalue weighted by molar-refractivity contribution is -0.121. The molecule has 3 aliphatic heterocycles. The van der Waals surface area contributed by atoms with Crippen LogP contribution in [0.3, 0.4) is 0 Å².